The van der Waals surface area contributed by atoms with Crippen LogP contribution in [0.1, 0.15) is 18.7 Å². The van der Waals surface area contributed by atoms with Gasteiger partial charge in [0.1, 0.15) is 5.82 Å². The molecule has 0 amide bonds. The zero-order valence-corrected chi connectivity index (χ0v) is 10.0. The van der Waals surface area contributed by atoms with Crippen molar-refractivity contribution in [3.8, 4) is 5.69 Å². The second-order valence-electron chi connectivity index (χ2n) is 4.20. The van der Waals surface area contributed by atoms with E-state index in [1.807, 2.05) is 12.1 Å². The lowest BCUT2D eigenvalue weighted by atomic mass is 10.2. The van der Waals surface area contributed by atoms with Crippen LogP contribution in [0.4, 0.5) is 0 Å². The van der Waals surface area contributed by atoms with Crippen LogP contribution in [0, 0.1) is 0 Å². The average Bonchev–Trinajstić information content (AvgIpc) is 2.69. The molecule has 1 aliphatic heterocycles. The highest BCUT2D eigenvalue weighted by molar-refractivity contribution is 6.30. The Hall–Kier alpha value is -1.55. The van der Waals surface area contributed by atoms with Gasteiger partial charge in [-0.15, -0.1) is 5.10 Å². The molecule has 0 N–H and O–H groups in total. The van der Waals surface area contributed by atoms with E-state index in [2.05, 4.69) is 5.10 Å². The summed E-state index contributed by atoms with van der Waals surface area (Å²) in [5, 5.41) is 5.03. The molecule has 5 heteroatoms. The van der Waals surface area contributed by atoms with Crippen LogP contribution in [0.25, 0.3) is 5.69 Å². The van der Waals surface area contributed by atoms with E-state index in [-0.39, 0.29) is 5.69 Å². The Morgan fingerprint density at radius 2 is 1.94 bits per heavy atom. The molecule has 2 aromatic rings. The Morgan fingerprint density at radius 3 is 2.65 bits per heavy atom. The maximum absolute atomic E-state index is 12.1. The fourth-order valence-electron chi connectivity index (χ4n) is 2.15. The molecule has 0 fully saturated rings. The summed E-state index contributed by atoms with van der Waals surface area (Å²) in [6, 6.07) is 7.15. The largest absolute Gasteiger partial charge is 0.350 e. The van der Waals surface area contributed by atoms with E-state index >= 15 is 0 Å². The second kappa shape index (κ2) is 4.04. The summed E-state index contributed by atoms with van der Waals surface area (Å²) in [4.78, 5) is 12.1. The topological polar surface area (TPSA) is 39.8 Å². The van der Waals surface area contributed by atoms with E-state index in [1.54, 1.807) is 16.7 Å². The van der Waals surface area contributed by atoms with Crippen molar-refractivity contribution in [3.63, 3.8) is 0 Å². The number of benzene rings is 1. The summed E-state index contributed by atoms with van der Waals surface area (Å²) in [6.07, 6.45) is 3.05. The summed E-state index contributed by atoms with van der Waals surface area (Å²) in [6.45, 7) is 0.780. The van der Waals surface area contributed by atoms with Gasteiger partial charge in [0.2, 0.25) is 0 Å². The third kappa shape index (κ3) is 1.78. The van der Waals surface area contributed by atoms with Crippen molar-refractivity contribution in [2.45, 2.75) is 25.8 Å². The van der Waals surface area contributed by atoms with Gasteiger partial charge in [-0.1, -0.05) is 11.6 Å². The minimum Gasteiger partial charge on any atom is -0.279 e. The molecule has 1 aromatic heterocycles. The fraction of sp³-hybridized carbons (Fsp3) is 0.333. The monoisotopic (exact) mass is 249 g/mol. The zero-order valence-electron chi connectivity index (χ0n) is 9.27. The second-order valence-corrected chi connectivity index (χ2v) is 4.63. The Bertz CT molecular complexity index is 597. The van der Waals surface area contributed by atoms with Crippen LogP contribution in [0.5, 0.6) is 0 Å². The summed E-state index contributed by atoms with van der Waals surface area (Å²) in [7, 11) is 0. The van der Waals surface area contributed by atoms with Crippen LogP contribution in [-0.4, -0.2) is 14.3 Å². The molecule has 17 heavy (non-hydrogen) atoms. The smallest absolute Gasteiger partial charge is 0.279 e. The van der Waals surface area contributed by atoms with Crippen molar-refractivity contribution in [1.82, 2.24) is 14.3 Å². The van der Waals surface area contributed by atoms with Gasteiger partial charge < -0.3 is 0 Å². The third-order valence-electron chi connectivity index (χ3n) is 3.04. The number of aryl methyl sites for hydroxylation is 1. The van der Waals surface area contributed by atoms with Crippen LogP contribution in [0.3, 0.4) is 0 Å². The van der Waals surface area contributed by atoms with Crippen molar-refractivity contribution in [3.05, 3.63) is 45.6 Å². The highest BCUT2D eigenvalue weighted by Crippen LogP contribution is 2.14. The summed E-state index contributed by atoms with van der Waals surface area (Å²) in [5.74, 6) is 0.885. The number of hydrogen-bond acceptors (Lipinski definition) is 2. The first-order valence-electron chi connectivity index (χ1n) is 5.70. The molecule has 0 saturated heterocycles. The zero-order chi connectivity index (χ0) is 11.8. The van der Waals surface area contributed by atoms with Gasteiger partial charge in [0, 0.05) is 18.0 Å². The Balaban J connectivity index is 2.12. The predicted octanol–water partition coefficient (Wildman–Crippen LogP) is 2.02. The Kier molecular flexibility index (Phi) is 2.52. The van der Waals surface area contributed by atoms with Gasteiger partial charge in [-0.3, -0.25) is 4.57 Å². The molecule has 0 atom stereocenters. The van der Waals surface area contributed by atoms with E-state index < -0.39 is 0 Å². The van der Waals surface area contributed by atoms with Gasteiger partial charge in [-0.2, -0.15) is 4.68 Å². The van der Waals surface area contributed by atoms with Crippen molar-refractivity contribution in [1.29, 1.82) is 0 Å². The lowest BCUT2D eigenvalue weighted by Gasteiger charge is -2.09. The molecule has 1 aromatic carbocycles. The fourth-order valence-corrected chi connectivity index (χ4v) is 2.28. The molecule has 0 bridgehead atoms. The van der Waals surface area contributed by atoms with Gasteiger partial charge in [0.15, 0.2) is 0 Å². The Labute approximate surface area is 103 Å². The third-order valence-corrected chi connectivity index (χ3v) is 3.29. The molecule has 0 radical (unpaired) electrons. The molecule has 88 valence electrons. The SMILES string of the molecule is O=c1n(-c2ccc(Cl)cc2)nc2n1CCCC2. The van der Waals surface area contributed by atoms with Crippen LogP contribution < -0.4 is 5.69 Å². The molecule has 2 heterocycles. The molecule has 0 unspecified atom stereocenters. The number of fused-ring (bicyclic) bond motifs is 1. The van der Waals surface area contributed by atoms with Crippen molar-refractivity contribution in [2.75, 3.05) is 0 Å². The molecule has 4 nitrogen and oxygen atoms in total. The standard InChI is InChI=1S/C12H12ClN3O/c13-9-4-6-10(7-5-9)16-12(17)15-8-2-1-3-11(15)14-16/h4-7H,1-3,8H2. The predicted molar refractivity (Wildman–Crippen MR) is 65.8 cm³/mol. The molecule has 0 spiro atoms. The van der Waals surface area contributed by atoms with Crippen molar-refractivity contribution in [2.24, 2.45) is 0 Å². The number of rotatable bonds is 1. The van der Waals surface area contributed by atoms with Crippen LogP contribution in [-0.2, 0) is 13.0 Å². The number of nitrogens with zero attached hydrogens (tertiary/aromatic N) is 3. The minimum atomic E-state index is -0.0537. The summed E-state index contributed by atoms with van der Waals surface area (Å²) >= 11 is 5.83. The van der Waals surface area contributed by atoms with Gasteiger partial charge in [0.05, 0.1) is 5.69 Å². The van der Waals surface area contributed by atoms with Gasteiger partial charge >= 0.3 is 5.69 Å². The first-order chi connectivity index (χ1) is 8.25. The van der Waals surface area contributed by atoms with Crippen molar-refractivity contribution < 1.29 is 0 Å². The molecule has 0 aliphatic carbocycles. The van der Waals surface area contributed by atoms with Crippen LogP contribution in [0.2, 0.25) is 5.02 Å². The van der Waals surface area contributed by atoms with E-state index in [0.717, 1.165) is 37.3 Å². The first-order valence-corrected chi connectivity index (χ1v) is 6.08. The van der Waals surface area contributed by atoms with E-state index in [0.29, 0.717) is 5.02 Å². The van der Waals surface area contributed by atoms with E-state index in [9.17, 15) is 4.79 Å². The quantitative estimate of drug-likeness (QED) is 0.776. The molecule has 0 saturated carbocycles. The average molecular weight is 250 g/mol. The van der Waals surface area contributed by atoms with Crippen molar-refractivity contribution >= 4 is 11.6 Å². The van der Waals surface area contributed by atoms with Crippen LogP contribution >= 0.6 is 11.6 Å². The number of hydrogen-bond donors (Lipinski definition) is 0. The van der Waals surface area contributed by atoms with Gasteiger partial charge in [-0.05, 0) is 37.1 Å². The normalized spacial score (nSPS) is 14.6. The van der Waals surface area contributed by atoms with Gasteiger partial charge in [-0.25, -0.2) is 4.79 Å². The Morgan fingerprint density at radius 1 is 1.18 bits per heavy atom. The summed E-state index contributed by atoms with van der Waals surface area (Å²) < 4.78 is 3.22. The highest BCUT2D eigenvalue weighted by Gasteiger charge is 2.17. The van der Waals surface area contributed by atoms with Gasteiger partial charge in [0.25, 0.3) is 0 Å². The molecule has 3 rings (SSSR count). The lowest BCUT2D eigenvalue weighted by Crippen LogP contribution is -2.26. The lowest BCUT2D eigenvalue weighted by molar-refractivity contribution is 0.512. The summed E-state index contributed by atoms with van der Waals surface area (Å²) in [5.41, 5.74) is 0.711. The number of halogens is 1. The molecular formula is C12H12ClN3O. The maximum atomic E-state index is 12.1. The van der Waals surface area contributed by atoms with Crippen LogP contribution in [0.15, 0.2) is 29.1 Å². The van der Waals surface area contributed by atoms with E-state index in [1.165, 1.54) is 4.68 Å². The molecule has 1 aliphatic rings. The number of aromatic nitrogens is 3. The first kappa shape index (κ1) is 10.6. The highest BCUT2D eigenvalue weighted by atomic mass is 35.5. The molecular weight excluding hydrogens is 238 g/mol. The van der Waals surface area contributed by atoms with E-state index in [4.69, 9.17) is 11.6 Å². The maximum Gasteiger partial charge on any atom is 0.350 e. The minimum absolute atomic E-state index is 0.0537.